The molecule has 1 aliphatic heterocycles. The molecule has 11 heteroatoms. The molecule has 36 heavy (non-hydrogen) atoms. The number of aromatic nitrogens is 3. The molecule has 0 saturated carbocycles. The summed E-state index contributed by atoms with van der Waals surface area (Å²) in [7, 11) is 1.48. The summed E-state index contributed by atoms with van der Waals surface area (Å²) < 4.78 is 5.88. The van der Waals surface area contributed by atoms with Crippen molar-refractivity contribution in [2.45, 2.75) is 45.1 Å². The standard InChI is InChI=1S/C25H31N7O3S/c1-5-28-24(34)31-21-9-18(22-30-20(14-36-22)15-6-7-35-25(2,3)10-15)19(13-29-21)16-8-17(12-27-11-16)23(33)32(4)26/h8-9,11-15H,5-7,10,26H2,1-4H3,(H2,28,29,31,34). The predicted molar refractivity (Wildman–Crippen MR) is 140 cm³/mol. The lowest BCUT2D eigenvalue weighted by Gasteiger charge is -2.34. The minimum absolute atomic E-state index is 0.187. The molecule has 0 spiro atoms. The molecule has 4 rings (SSSR count). The Hall–Kier alpha value is -3.41. The summed E-state index contributed by atoms with van der Waals surface area (Å²) in [6.07, 6.45) is 6.61. The fourth-order valence-corrected chi connectivity index (χ4v) is 5.17. The zero-order valence-electron chi connectivity index (χ0n) is 20.9. The van der Waals surface area contributed by atoms with Crippen LogP contribution in [0.25, 0.3) is 21.7 Å². The third-order valence-electron chi connectivity index (χ3n) is 5.97. The Bertz CT molecular complexity index is 1260. The molecule has 1 aliphatic rings. The number of hydrogen-bond acceptors (Lipinski definition) is 8. The zero-order valence-corrected chi connectivity index (χ0v) is 21.7. The summed E-state index contributed by atoms with van der Waals surface area (Å²) in [6.45, 7) is 7.25. The highest BCUT2D eigenvalue weighted by Crippen LogP contribution is 2.40. The van der Waals surface area contributed by atoms with Crippen molar-refractivity contribution in [2.24, 2.45) is 5.84 Å². The molecule has 10 nitrogen and oxygen atoms in total. The van der Waals surface area contributed by atoms with E-state index in [1.165, 1.54) is 24.6 Å². The van der Waals surface area contributed by atoms with Crippen LogP contribution in [0, 0.1) is 0 Å². The number of nitrogens with one attached hydrogen (secondary N) is 2. The molecule has 1 saturated heterocycles. The van der Waals surface area contributed by atoms with Crippen molar-refractivity contribution in [1.82, 2.24) is 25.3 Å². The highest BCUT2D eigenvalue weighted by molar-refractivity contribution is 7.13. The number of nitrogens with zero attached hydrogens (tertiary/aromatic N) is 4. The fraction of sp³-hybridized carbons (Fsp3) is 0.400. The SMILES string of the molecule is CCNC(=O)Nc1cc(-c2nc(C3CCOC(C)(C)C3)cs2)c(-c2cncc(C(=O)N(C)N)c2)cn1. The van der Waals surface area contributed by atoms with Gasteiger partial charge in [0.05, 0.1) is 16.9 Å². The molecule has 3 aromatic heterocycles. The van der Waals surface area contributed by atoms with E-state index in [-0.39, 0.29) is 17.5 Å². The van der Waals surface area contributed by atoms with Crippen LogP contribution in [0.4, 0.5) is 10.6 Å². The van der Waals surface area contributed by atoms with Crippen LogP contribution < -0.4 is 16.5 Å². The largest absolute Gasteiger partial charge is 0.376 e. The number of ether oxygens (including phenoxy) is 1. The van der Waals surface area contributed by atoms with Gasteiger partial charge in [0.15, 0.2) is 0 Å². The number of urea groups is 1. The lowest BCUT2D eigenvalue weighted by molar-refractivity contribution is -0.0597. The topological polar surface area (TPSA) is 135 Å². The first kappa shape index (κ1) is 25.7. The number of anilines is 1. The van der Waals surface area contributed by atoms with Crippen LogP contribution in [0.3, 0.4) is 0 Å². The van der Waals surface area contributed by atoms with Crippen molar-refractivity contribution in [1.29, 1.82) is 0 Å². The average Bonchev–Trinajstić information content (AvgIpc) is 3.33. The van der Waals surface area contributed by atoms with Crippen LogP contribution in [-0.2, 0) is 4.74 Å². The number of carbonyl (C=O) groups is 2. The van der Waals surface area contributed by atoms with Gasteiger partial charge in [-0.15, -0.1) is 11.3 Å². The number of hydrogen-bond donors (Lipinski definition) is 3. The second-order valence-corrected chi connectivity index (χ2v) is 10.2. The minimum atomic E-state index is -0.355. The quantitative estimate of drug-likeness (QED) is 0.259. The lowest BCUT2D eigenvalue weighted by Crippen LogP contribution is -2.33. The Morgan fingerprint density at radius 1 is 1.25 bits per heavy atom. The summed E-state index contributed by atoms with van der Waals surface area (Å²) in [5.74, 6) is 5.99. The highest BCUT2D eigenvalue weighted by Gasteiger charge is 2.31. The number of amides is 3. The minimum Gasteiger partial charge on any atom is -0.376 e. The van der Waals surface area contributed by atoms with Gasteiger partial charge in [-0.25, -0.2) is 20.6 Å². The Balaban J connectivity index is 1.75. The predicted octanol–water partition coefficient (Wildman–Crippen LogP) is 4.03. The van der Waals surface area contributed by atoms with Gasteiger partial charge in [-0.1, -0.05) is 0 Å². The summed E-state index contributed by atoms with van der Waals surface area (Å²) in [4.78, 5) is 38.2. The summed E-state index contributed by atoms with van der Waals surface area (Å²) >= 11 is 1.53. The number of rotatable bonds is 6. The van der Waals surface area contributed by atoms with Crippen molar-refractivity contribution >= 4 is 29.1 Å². The monoisotopic (exact) mass is 509 g/mol. The molecule has 0 aliphatic carbocycles. The second kappa shape index (κ2) is 10.7. The van der Waals surface area contributed by atoms with Gasteiger partial charge in [-0.2, -0.15) is 0 Å². The Kier molecular flexibility index (Phi) is 7.62. The summed E-state index contributed by atoms with van der Waals surface area (Å²) in [5, 5.41) is 9.36. The first-order chi connectivity index (χ1) is 17.2. The van der Waals surface area contributed by atoms with E-state index in [9.17, 15) is 9.59 Å². The number of pyridine rings is 2. The van der Waals surface area contributed by atoms with E-state index in [1.807, 2.05) is 6.92 Å². The molecular formula is C25H31N7O3S. The Labute approximate surface area is 214 Å². The molecule has 0 aromatic carbocycles. The normalized spacial score (nSPS) is 16.9. The van der Waals surface area contributed by atoms with Gasteiger partial charge in [-0.05, 0) is 45.7 Å². The number of nitrogens with two attached hydrogens (primary N) is 1. The van der Waals surface area contributed by atoms with Crippen molar-refractivity contribution in [3.8, 4) is 21.7 Å². The molecule has 190 valence electrons. The Morgan fingerprint density at radius 2 is 2.06 bits per heavy atom. The number of carbonyl (C=O) groups excluding carboxylic acids is 2. The van der Waals surface area contributed by atoms with Crippen molar-refractivity contribution in [3.63, 3.8) is 0 Å². The van der Waals surface area contributed by atoms with Gasteiger partial charge < -0.3 is 10.1 Å². The van der Waals surface area contributed by atoms with Gasteiger partial charge in [0, 0.05) is 66.8 Å². The van der Waals surface area contributed by atoms with E-state index < -0.39 is 0 Å². The molecule has 0 bridgehead atoms. The van der Waals surface area contributed by atoms with E-state index in [0.29, 0.717) is 36.0 Å². The first-order valence-electron chi connectivity index (χ1n) is 11.8. The van der Waals surface area contributed by atoms with Crippen molar-refractivity contribution in [3.05, 3.63) is 47.4 Å². The van der Waals surface area contributed by atoms with Crippen LogP contribution in [0.2, 0.25) is 0 Å². The summed E-state index contributed by atoms with van der Waals surface area (Å²) in [6, 6.07) is 3.18. The van der Waals surface area contributed by atoms with Gasteiger partial charge in [-0.3, -0.25) is 20.1 Å². The van der Waals surface area contributed by atoms with Gasteiger partial charge in [0.2, 0.25) is 0 Å². The molecule has 1 unspecified atom stereocenters. The number of hydrazine groups is 1. The molecule has 3 amide bonds. The molecule has 3 aromatic rings. The molecule has 4 heterocycles. The average molecular weight is 510 g/mol. The molecule has 1 fully saturated rings. The zero-order chi connectivity index (χ0) is 25.9. The van der Waals surface area contributed by atoms with Crippen LogP contribution in [0.1, 0.15) is 55.6 Å². The van der Waals surface area contributed by atoms with E-state index in [1.54, 1.807) is 24.5 Å². The van der Waals surface area contributed by atoms with Crippen molar-refractivity contribution < 1.29 is 14.3 Å². The van der Waals surface area contributed by atoms with E-state index >= 15 is 0 Å². The van der Waals surface area contributed by atoms with E-state index in [4.69, 9.17) is 15.6 Å². The maximum Gasteiger partial charge on any atom is 0.320 e. The van der Waals surface area contributed by atoms with Crippen LogP contribution in [0.5, 0.6) is 0 Å². The molecular weight excluding hydrogens is 478 g/mol. The summed E-state index contributed by atoms with van der Waals surface area (Å²) in [5.41, 5.74) is 3.42. The second-order valence-electron chi connectivity index (χ2n) is 9.35. The highest BCUT2D eigenvalue weighted by atomic mass is 32.1. The maximum atomic E-state index is 12.4. The first-order valence-corrected chi connectivity index (χ1v) is 12.7. The third-order valence-corrected chi connectivity index (χ3v) is 6.86. The van der Waals surface area contributed by atoms with Crippen LogP contribution >= 0.6 is 11.3 Å². The fourth-order valence-electron chi connectivity index (χ4n) is 4.24. The van der Waals surface area contributed by atoms with Crippen LogP contribution in [0.15, 0.2) is 36.1 Å². The Morgan fingerprint density at radius 3 is 2.78 bits per heavy atom. The van der Waals surface area contributed by atoms with Crippen LogP contribution in [-0.4, -0.2) is 57.7 Å². The molecule has 1 atom stereocenters. The van der Waals surface area contributed by atoms with Crippen molar-refractivity contribution in [2.75, 3.05) is 25.5 Å². The lowest BCUT2D eigenvalue weighted by atomic mass is 9.87. The molecule has 4 N–H and O–H groups in total. The van der Waals surface area contributed by atoms with Gasteiger partial charge in [0.25, 0.3) is 5.91 Å². The maximum absolute atomic E-state index is 12.4. The van der Waals surface area contributed by atoms with Gasteiger partial charge >= 0.3 is 6.03 Å². The molecule has 0 radical (unpaired) electrons. The smallest absolute Gasteiger partial charge is 0.320 e. The van der Waals surface area contributed by atoms with E-state index in [0.717, 1.165) is 39.7 Å². The third kappa shape index (κ3) is 5.86. The van der Waals surface area contributed by atoms with Gasteiger partial charge in [0.1, 0.15) is 10.8 Å². The van der Waals surface area contributed by atoms with E-state index in [2.05, 4.69) is 39.8 Å². The number of thiazole rings is 1.